The van der Waals surface area contributed by atoms with Crippen LogP contribution in [-0.2, 0) is 43.4 Å². The molecule has 0 saturated carbocycles. The predicted octanol–water partition coefficient (Wildman–Crippen LogP) is -1.34. The van der Waals surface area contributed by atoms with Gasteiger partial charge in [-0.25, -0.2) is 0 Å². The Hall–Kier alpha value is 0.857. The van der Waals surface area contributed by atoms with Crippen molar-refractivity contribution in [1.82, 2.24) is 0 Å². The zero-order chi connectivity index (χ0) is 4.50. The average Bonchev–Trinajstić information content (AvgIpc) is 0.722. The van der Waals surface area contributed by atoms with Crippen LogP contribution in [0.15, 0.2) is 0 Å². The Morgan fingerprint density at radius 1 is 1.14 bits per heavy atom. The molecule has 0 heterocycles. The monoisotopic (exact) mass is 212 g/mol. The summed E-state index contributed by atoms with van der Waals surface area (Å²) in [7, 11) is -5.17. The van der Waals surface area contributed by atoms with Gasteiger partial charge in [-0.15, -0.1) is 0 Å². The summed E-state index contributed by atoms with van der Waals surface area (Å²) >= 11 is 0. The molecule has 0 aliphatic heterocycles. The molecule has 4 nitrogen and oxygen atoms in total. The molecule has 0 spiro atoms. The topological polar surface area (TPSA) is 80.3 Å². The van der Waals surface area contributed by atoms with Gasteiger partial charge in [-0.3, -0.25) is 8.42 Å². The zero-order valence-electron chi connectivity index (χ0n) is 2.67. The van der Waals surface area contributed by atoms with Crippen molar-refractivity contribution in [3.05, 3.63) is 0 Å². The van der Waals surface area contributed by atoms with Crippen molar-refractivity contribution in [3.63, 3.8) is 0 Å². The summed E-state index contributed by atoms with van der Waals surface area (Å²) in [6, 6.07) is 0. The molecule has 0 aromatic heterocycles. The number of rotatable bonds is 0. The van der Waals surface area contributed by atoms with Crippen LogP contribution >= 0.6 is 0 Å². The van der Waals surface area contributed by atoms with Crippen LogP contribution in [0.1, 0.15) is 0 Å². The van der Waals surface area contributed by atoms with Gasteiger partial charge in [-0.1, -0.05) is 0 Å². The van der Waals surface area contributed by atoms with E-state index in [4.69, 9.17) is 17.5 Å². The quantitative estimate of drug-likeness (QED) is 0.283. The standard InChI is InChI=1S/2Ni.H2O4S/c;;1-5(2,3)4/h;;(H2,1,2,3,4)/q;+2;/p-2. The number of hydrogen-bond donors (Lipinski definition) is 0. The van der Waals surface area contributed by atoms with E-state index in [0.717, 1.165) is 0 Å². The van der Waals surface area contributed by atoms with Gasteiger partial charge in [0.15, 0.2) is 0 Å². The molecule has 0 amide bonds. The Morgan fingerprint density at radius 3 is 1.14 bits per heavy atom. The molecule has 0 unspecified atom stereocenters. The second-order valence-electron chi connectivity index (χ2n) is 0.408. The summed E-state index contributed by atoms with van der Waals surface area (Å²) in [4.78, 5) is 0. The molecule has 0 atom stereocenters. The van der Waals surface area contributed by atoms with Gasteiger partial charge in [0, 0.05) is 26.9 Å². The molecule has 0 rings (SSSR count). The van der Waals surface area contributed by atoms with Crippen LogP contribution in [0.3, 0.4) is 0 Å². The van der Waals surface area contributed by atoms with Crippen molar-refractivity contribution in [2.45, 2.75) is 0 Å². The van der Waals surface area contributed by atoms with E-state index in [1.54, 1.807) is 0 Å². The van der Waals surface area contributed by atoms with E-state index in [2.05, 4.69) is 0 Å². The van der Waals surface area contributed by atoms with Crippen LogP contribution in [-0.4, -0.2) is 17.5 Å². The van der Waals surface area contributed by atoms with Crippen LogP contribution in [0.4, 0.5) is 0 Å². The first-order chi connectivity index (χ1) is 2.00. The Labute approximate surface area is 61.1 Å². The van der Waals surface area contributed by atoms with Gasteiger partial charge in [0.2, 0.25) is 0 Å². The van der Waals surface area contributed by atoms with Gasteiger partial charge in [0.1, 0.15) is 0 Å². The van der Waals surface area contributed by atoms with E-state index in [1.165, 1.54) is 0 Å². The Balaban J connectivity index is -0.0000000800. The third-order valence-electron chi connectivity index (χ3n) is 0. The molecular weight excluding hydrogens is 213 g/mol. The molecule has 0 aromatic carbocycles. The van der Waals surface area contributed by atoms with Crippen molar-refractivity contribution in [2.24, 2.45) is 0 Å². The van der Waals surface area contributed by atoms with Gasteiger partial charge in [-0.2, -0.15) is 0 Å². The summed E-state index contributed by atoms with van der Waals surface area (Å²) in [5, 5.41) is 0. The van der Waals surface area contributed by atoms with E-state index >= 15 is 0 Å². The first-order valence-electron chi connectivity index (χ1n) is 0.667. The van der Waals surface area contributed by atoms with E-state index < -0.39 is 10.4 Å². The first-order valence-corrected chi connectivity index (χ1v) is 2.00. The van der Waals surface area contributed by atoms with Gasteiger partial charge in [0.25, 0.3) is 0 Å². The molecule has 0 N–H and O–H groups in total. The molecule has 7 heteroatoms. The van der Waals surface area contributed by atoms with Gasteiger partial charge in [-0.05, 0) is 0 Å². The molecule has 0 bridgehead atoms. The molecule has 0 aliphatic rings. The molecule has 7 heavy (non-hydrogen) atoms. The summed E-state index contributed by atoms with van der Waals surface area (Å²) in [5.74, 6) is 0. The van der Waals surface area contributed by atoms with Gasteiger partial charge >= 0.3 is 16.5 Å². The van der Waals surface area contributed by atoms with E-state index in [9.17, 15) is 0 Å². The van der Waals surface area contributed by atoms with E-state index in [0.29, 0.717) is 0 Å². The SMILES string of the molecule is O=S(=O)([O-])[O-].[Ni+2].[Ni]. The molecule has 0 radical (unpaired) electrons. The third kappa shape index (κ3) is 220. The molecule has 0 saturated heterocycles. The van der Waals surface area contributed by atoms with Crippen LogP contribution in [0.25, 0.3) is 0 Å². The first kappa shape index (κ1) is 15.7. The summed E-state index contributed by atoms with van der Waals surface area (Å²) < 4.78 is 34.1. The zero-order valence-corrected chi connectivity index (χ0v) is 5.47. The maximum absolute atomic E-state index is 8.52. The second-order valence-corrected chi connectivity index (χ2v) is 1.22. The average molecular weight is 213 g/mol. The van der Waals surface area contributed by atoms with E-state index in [1.807, 2.05) is 0 Å². The predicted molar refractivity (Wildman–Crippen MR) is 10.5 cm³/mol. The molecule has 0 aromatic rings. The minimum Gasteiger partial charge on any atom is -0.759 e. The second kappa shape index (κ2) is 5.00. The minimum atomic E-state index is -5.17. The molecule has 50 valence electrons. The van der Waals surface area contributed by atoms with Crippen molar-refractivity contribution >= 4 is 10.4 Å². The maximum Gasteiger partial charge on any atom is 2.00 e. The van der Waals surface area contributed by atoms with Crippen LogP contribution < -0.4 is 0 Å². The molecule has 0 aliphatic carbocycles. The van der Waals surface area contributed by atoms with Crippen LogP contribution in [0.2, 0.25) is 0 Å². The Bertz CT molecular complexity index is 92.9. The Kier molecular flexibility index (Phi) is 11.2. The largest absolute Gasteiger partial charge is 2.00 e. The molecule has 0 fully saturated rings. The normalized spacial score (nSPS) is 8.29. The Morgan fingerprint density at radius 2 is 1.14 bits per heavy atom. The maximum atomic E-state index is 8.52. The van der Waals surface area contributed by atoms with Gasteiger partial charge < -0.3 is 9.11 Å². The van der Waals surface area contributed by atoms with Crippen molar-refractivity contribution in [3.8, 4) is 0 Å². The summed E-state index contributed by atoms with van der Waals surface area (Å²) in [6.07, 6.45) is 0. The fourth-order valence-electron chi connectivity index (χ4n) is 0. The summed E-state index contributed by atoms with van der Waals surface area (Å²) in [5.41, 5.74) is 0. The smallest absolute Gasteiger partial charge is 0.759 e. The molecular formula is Ni2O4S. The fraction of sp³-hybridized carbons (Fsp3) is 0. The fourth-order valence-corrected chi connectivity index (χ4v) is 0. The van der Waals surface area contributed by atoms with Crippen LogP contribution in [0, 0.1) is 0 Å². The van der Waals surface area contributed by atoms with Crippen molar-refractivity contribution in [1.29, 1.82) is 0 Å². The minimum absolute atomic E-state index is 0. The van der Waals surface area contributed by atoms with Crippen molar-refractivity contribution < 1.29 is 50.5 Å². The van der Waals surface area contributed by atoms with Crippen LogP contribution in [0.5, 0.6) is 0 Å². The summed E-state index contributed by atoms with van der Waals surface area (Å²) in [6.45, 7) is 0. The third-order valence-corrected chi connectivity index (χ3v) is 0. The van der Waals surface area contributed by atoms with Crippen molar-refractivity contribution in [2.75, 3.05) is 0 Å². The van der Waals surface area contributed by atoms with Gasteiger partial charge in [0.05, 0.1) is 0 Å². The number of hydrogen-bond acceptors (Lipinski definition) is 4. The van der Waals surface area contributed by atoms with E-state index in [-0.39, 0.29) is 33.0 Å².